The molecule has 3 aromatic rings. The van der Waals surface area contributed by atoms with Gasteiger partial charge in [0.2, 0.25) is 0 Å². The minimum absolute atomic E-state index is 0.153. The molecule has 5 nitrogen and oxygen atoms in total. The van der Waals surface area contributed by atoms with E-state index in [1.807, 2.05) is 31.2 Å². The fraction of sp³-hybridized carbons (Fsp3) is 0.158. The first-order chi connectivity index (χ1) is 12.4. The molecule has 0 bridgehead atoms. The van der Waals surface area contributed by atoms with E-state index in [1.165, 1.54) is 0 Å². The number of benzene rings is 2. The minimum atomic E-state index is -0.437. The lowest BCUT2D eigenvalue weighted by molar-refractivity contribution is 0.101. The second kappa shape index (κ2) is 7.81. The lowest BCUT2D eigenvalue weighted by Crippen LogP contribution is -2.15. The van der Waals surface area contributed by atoms with Crippen LogP contribution in [0.3, 0.4) is 0 Å². The number of rotatable bonds is 5. The van der Waals surface area contributed by atoms with Crippen molar-refractivity contribution in [1.29, 1.82) is 0 Å². The molecule has 26 heavy (non-hydrogen) atoms. The molecule has 1 amide bonds. The second-order valence-corrected chi connectivity index (χ2v) is 6.59. The predicted molar refractivity (Wildman–Crippen MR) is 101 cm³/mol. The number of hydrogen-bond acceptors (Lipinski definition) is 4. The summed E-state index contributed by atoms with van der Waals surface area (Å²) in [6, 6.07) is 12.4. The van der Waals surface area contributed by atoms with Crippen LogP contribution in [-0.4, -0.2) is 11.1 Å². The molecule has 0 aliphatic heterocycles. The third-order valence-electron chi connectivity index (χ3n) is 3.78. The summed E-state index contributed by atoms with van der Waals surface area (Å²) in [4.78, 5) is 12.6. The van der Waals surface area contributed by atoms with Crippen molar-refractivity contribution in [1.82, 2.24) is 5.16 Å². The Bertz CT molecular complexity index is 936. The molecule has 1 aromatic heterocycles. The molecule has 0 fully saturated rings. The van der Waals surface area contributed by atoms with E-state index < -0.39 is 5.91 Å². The van der Waals surface area contributed by atoms with Gasteiger partial charge in [-0.05, 0) is 44.2 Å². The fourth-order valence-corrected chi connectivity index (χ4v) is 2.76. The first kappa shape index (κ1) is 18.3. The van der Waals surface area contributed by atoms with E-state index in [0.717, 1.165) is 5.56 Å². The molecule has 0 unspecified atom stereocenters. The smallest absolute Gasteiger partial charge is 0.278 e. The minimum Gasteiger partial charge on any atom is -0.489 e. The number of hydrogen-bond donors (Lipinski definition) is 1. The summed E-state index contributed by atoms with van der Waals surface area (Å²) in [6.07, 6.45) is 0. The number of amides is 1. The number of anilines is 1. The average molecular weight is 391 g/mol. The number of aromatic nitrogens is 1. The molecule has 0 radical (unpaired) electrons. The van der Waals surface area contributed by atoms with Crippen molar-refractivity contribution in [2.24, 2.45) is 0 Å². The van der Waals surface area contributed by atoms with Crippen LogP contribution in [0.1, 0.15) is 27.4 Å². The summed E-state index contributed by atoms with van der Waals surface area (Å²) in [7, 11) is 0. The van der Waals surface area contributed by atoms with Crippen LogP contribution in [0.25, 0.3) is 0 Å². The molecule has 0 saturated heterocycles. The number of ether oxygens (including phenoxy) is 1. The Morgan fingerprint density at radius 2 is 1.88 bits per heavy atom. The van der Waals surface area contributed by atoms with Gasteiger partial charge in [-0.15, -0.1) is 0 Å². The van der Waals surface area contributed by atoms with Crippen LogP contribution in [-0.2, 0) is 6.61 Å². The second-order valence-electron chi connectivity index (χ2n) is 5.75. The summed E-state index contributed by atoms with van der Waals surface area (Å²) in [5.41, 5.74) is 2.30. The first-order valence-corrected chi connectivity index (χ1v) is 8.60. The zero-order valence-corrected chi connectivity index (χ0v) is 15.7. The monoisotopic (exact) mass is 390 g/mol. The van der Waals surface area contributed by atoms with Crippen molar-refractivity contribution in [3.8, 4) is 5.75 Å². The van der Waals surface area contributed by atoms with Gasteiger partial charge in [-0.2, -0.15) is 0 Å². The SMILES string of the molecule is Cc1ccc(OCc2c(C(=O)Nc3ccc(Cl)cc3Cl)noc2C)cc1. The van der Waals surface area contributed by atoms with Gasteiger partial charge in [-0.1, -0.05) is 46.1 Å². The molecular weight excluding hydrogens is 375 g/mol. The van der Waals surface area contributed by atoms with E-state index in [-0.39, 0.29) is 12.3 Å². The zero-order valence-electron chi connectivity index (χ0n) is 14.2. The highest BCUT2D eigenvalue weighted by molar-refractivity contribution is 6.36. The standard InChI is InChI=1S/C19H16Cl2N2O3/c1-11-3-6-14(7-4-11)25-10-15-12(2)26-23-18(15)19(24)22-17-8-5-13(20)9-16(17)21/h3-9H,10H2,1-2H3,(H,22,24). The molecule has 0 aliphatic rings. The maximum absolute atomic E-state index is 12.6. The highest BCUT2D eigenvalue weighted by atomic mass is 35.5. The van der Waals surface area contributed by atoms with E-state index >= 15 is 0 Å². The van der Waals surface area contributed by atoms with Gasteiger partial charge in [0, 0.05) is 5.02 Å². The summed E-state index contributed by atoms with van der Waals surface area (Å²) in [6.45, 7) is 3.89. The van der Waals surface area contributed by atoms with Crippen LogP contribution in [0.4, 0.5) is 5.69 Å². The van der Waals surface area contributed by atoms with Gasteiger partial charge < -0.3 is 14.6 Å². The summed E-state index contributed by atoms with van der Waals surface area (Å²) >= 11 is 12.0. The predicted octanol–water partition coefficient (Wildman–Crippen LogP) is 5.43. The van der Waals surface area contributed by atoms with Crippen LogP contribution in [0.5, 0.6) is 5.75 Å². The number of aryl methyl sites for hydroxylation is 2. The Balaban J connectivity index is 1.76. The Morgan fingerprint density at radius 3 is 2.58 bits per heavy atom. The normalized spacial score (nSPS) is 10.6. The van der Waals surface area contributed by atoms with Crippen molar-refractivity contribution in [2.45, 2.75) is 20.5 Å². The van der Waals surface area contributed by atoms with Gasteiger partial charge in [0.05, 0.1) is 16.3 Å². The third-order valence-corrected chi connectivity index (χ3v) is 4.33. The van der Waals surface area contributed by atoms with Crippen LogP contribution >= 0.6 is 23.2 Å². The van der Waals surface area contributed by atoms with E-state index in [1.54, 1.807) is 25.1 Å². The highest BCUT2D eigenvalue weighted by Crippen LogP contribution is 2.26. The van der Waals surface area contributed by atoms with Gasteiger partial charge in [0.1, 0.15) is 18.1 Å². The Kier molecular flexibility index (Phi) is 5.49. The quantitative estimate of drug-likeness (QED) is 0.630. The van der Waals surface area contributed by atoms with Crippen LogP contribution < -0.4 is 10.1 Å². The lowest BCUT2D eigenvalue weighted by atomic mass is 10.2. The van der Waals surface area contributed by atoms with Crippen molar-refractivity contribution >= 4 is 34.8 Å². The van der Waals surface area contributed by atoms with Gasteiger partial charge in [-0.25, -0.2) is 0 Å². The Labute approximate surface area is 160 Å². The first-order valence-electron chi connectivity index (χ1n) is 7.85. The summed E-state index contributed by atoms with van der Waals surface area (Å²) in [5, 5.41) is 7.38. The van der Waals surface area contributed by atoms with E-state index in [0.29, 0.717) is 32.8 Å². The van der Waals surface area contributed by atoms with Gasteiger partial charge in [-0.3, -0.25) is 4.79 Å². The van der Waals surface area contributed by atoms with Gasteiger partial charge >= 0.3 is 0 Å². The molecular formula is C19H16Cl2N2O3. The van der Waals surface area contributed by atoms with E-state index in [9.17, 15) is 4.79 Å². The van der Waals surface area contributed by atoms with E-state index in [4.69, 9.17) is 32.5 Å². The lowest BCUT2D eigenvalue weighted by Gasteiger charge is -2.08. The summed E-state index contributed by atoms with van der Waals surface area (Å²) < 4.78 is 10.9. The van der Waals surface area contributed by atoms with Crippen molar-refractivity contribution in [3.05, 3.63) is 75.1 Å². The maximum Gasteiger partial charge on any atom is 0.278 e. The average Bonchev–Trinajstić information content (AvgIpc) is 2.98. The van der Waals surface area contributed by atoms with Crippen LogP contribution in [0.2, 0.25) is 10.0 Å². The van der Waals surface area contributed by atoms with Gasteiger partial charge in [0.15, 0.2) is 5.69 Å². The van der Waals surface area contributed by atoms with Crippen LogP contribution in [0, 0.1) is 13.8 Å². The van der Waals surface area contributed by atoms with Crippen LogP contribution in [0.15, 0.2) is 47.0 Å². The van der Waals surface area contributed by atoms with Gasteiger partial charge in [0.25, 0.3) is 5.91 Å². The Hall–Kier alpha value is -2.50. The third kappa shape index (κ3) is 4.18. The molecule has 0 atom stereocenters. The number of carbonyl (C=O) groups is 1. The number of nitrogens with one attached hydrogen (secondary N) is 1. The topological polar surface area (TPSA) is 64.4 Å². The van der Waals surface area contributed by atoms with Crippen molar-refractivity contribution < 1.29 is 14.1 Å². The molecule has 1 N–H and O–H groups in total. The zero-order chi connectivity index (χ0) is 18.7. The molecule has 2 aromatic carbocycles. The molecule has 7 heteroatoms. The summed E-state index contributed by atoms with van der Waals surface area (Å²) in [5.74, 6) is 0.779. The number of halogens is 2. The van der Waals surface area contributed by atoms with Crippen molar-refractivity contribution in [2.75, 3.05) is 5.32 Å². The number of carbonyl (C=O) groups excluding carboxylic acids is 1. The molecule has 134 valence electrons. The Morgan fingerprint density at radius 1 is 1.15 bits per heavy atom. The highest BCUT2D eigenvalue weighted by Gasteiger charge is 2.21. The van der Waals surface area contributed by atoms with Crippen molar-refractivity contribution in [3.63, 3.8) is 0 Å². The largest absolute Gasteiger partial charge is 0.489 e. The molecule has 0 spiro atoms. The molecule has 1 heterocycles. The molecule has 3 rings (SSSR count). The maximum atomic E-state index is 12.6. The number of nitrogens with zero attached hydrogens (tertiary/aromatic N) is 1. The molecule has 0 saturated carbocycles. The molecule has 0 aliphatic carbocycles. The van der Waals surface area contributed by atoms with E-state index in [2.05, 4.69) is 10.5 Å². The fourth-order valence-electron chi connectivity index (χ4n) is 2.30.